The van der Waals surface area contributed by atoms with E-state index in [2.05, 4.69) is 15.6 Å². The van der Waals surface area contributed by atoms with Gasteiger partial charge in [0, 0.05) is 23.2 Å². The number of benzene rings is 1. The number of non-ortho nitro benzene ring substituents is 1. The fourth-order valence-electron chi connectivity index (χ4n) is 1.34. The maximum atomic E-state index is 11.6. The molecule has 1 aromatic carbocycles. The highest BCUT2D eigenvalue weighted by molar-refractivity contribution is 7.13. The number of nitro benzene ring substituents is 1. The number of carbonyl (C=O) groups excluding carboxylic acids is 1. The summed E-state index contributed by atoms with van der Waals surface area (Å²) < 4.78 is 0. The van der Waals surface area contributed by atoms with Crippen LogP contribution in [0.4, 0.5) is 21.3 Å². The molecular weight excluding hydrogens is 284 g/mol. The molecule has 0 bridgehead atoms. The van der Waals surface area contributed by atoms with Crippen molar-refractivity contribution in [2.45, 2.75) is 6.92 Å². The van der Waals surface area contributed by atoms with Crippen molar-refractivity contribution in [2.75, 3.05) is 10.6 Å². The number of aryl methyl sites for hydroxylation is 1. The second kappa shape index (κ2) is 6.59. The molecular formula is C11H12N4O4S. The second-order valence-corrected chi connectivity index (χ2v) is 4.54. The monoisotopic (exact) mass is 296 g/mol. The predicted octanol–water partition coefficient (Wildman–Crippen LogP) is 2.18. The highest BCUT2D eigenvalue weighted by Crippen LogP contribution is 2.17. The molecule has 0 unspecified atom stereocenters. The van der Waals surface area contributed by atoms with Crippen LogP contribution in [0.3, 0.4) is 0 Å². The first-order valence-electron chi connectivity index (χ1n) is 5.29. The Labute approximate surface area is 117 Å². The Hall–Kier alpha value is -2.52. The lowest BCUT2D eigenvalue weighted by Gasteiger charge is -2.04. The molecule has 0 spiro atoms. The van der Waals surface area contributed by atoms with Gasteiger partial charge in [-0.05, 0) is 19.1 Å². The van der Waals surface area contributed by atoms with E-state index in [-0.39, 0.29) is 11.2 Å². The SMILES string of the molecule is Cc1csc(NC(=O)Nc2ccc([N+](=O)[O-])cc2)n1.O. The molecule has 2 aromatic rings. The standard InChI is InChI=1S/C11H10N4O3S.H2O/c1-7-6-19-11(12-7)14-10(16)13-8-2-4-9(5-3-8)15(17)18;/h2-6H,1H3,(H2,12,13,14,16);1H2. The van der Waals surface area contributed by atoms with Gasteiger partial charge in [0.15, 0.2) is 5.13 Å². The van der Waals surface area contributed by atoms with Gasteiger partial charge in [-0.1, -0.05) is 0 Å². The Morgan fingerprint density at radius 2 is 1.95 bits per heavy atom. The molecule has 2 rings (SSSR count). The van der Waals surface area contributed by atoms with E-state index in [0.29, 0.717) is 10.8 Å². The van der Waals surface area contributed by atoms with Crippen molar-refractivity contribution < 1.29 is 15.2 Å². The lowest BCUT2D eigenvalue weighted by atomic mass is 10.3. The topological polar surface area (TPSA) is 129 Å². The zero-order chi connectivity index (χ0) is 13.8. The van der Waals surface area contributed by atoms with Crippen molar-refractivity contribution in [3.8, 4) is 0 Å². The largest absolute Gasteiger partial charge is 0.412 e. The molecule has 1 heterocycles. The van der Waals surface area contributed by atoms with Crippen LogP contribution in [0.1, 0.15) is 5.69 Å². The minimum atomic E-state index is -0.498. The zero-order valence-electron chi connectivity index (χ0n) is 10.4. The van der Waals surface area contributed by atoms with Gasteiger partial charge >= 0.3 is 6.03 Å². The molecule has 0 aliphatic rings. The number of urea groups is 1. The molecule has 0 fully saturated rings. The summed E-state index contributed by atoms with van der Waals surface area (Å²) >= 11 is 1.32. The van der Waals surface area contributed by atoms with Crippen molar-refractivity contribution in [3.63, 3.8) is 0 Å². The summed E-state index contributed by atoms with van der Waals surface area (Å²) in [5, 5.41) is 17.9. The fourth-order valence-corrected chi connectivity index (χ4v) is 2.02. The van der Waals surface area contributed by atoms with Crippen LogP contribution in [0.2, 0.25) is 0 Å². The quantitative estimate of drug-likeness (QED) is 0.664. The number of nitrogens with one attached hydrogen (secondary N) is 2. The average Bonchev–Trinajstić information content (AvgIpc) is 2.75. The van der Waals surface area contributed by atoms with Gasteiger partial charge in [0.25, 0.3) is 5.69 Å². The smallest absolute Gasteiger partial charge is 0.325 e. The Morgan fingerprint density at radius 1 is 1.30 bits per heavy atom. The van der Waals surface area contributed by atoms with Gasteiger partial charge in [0.2, 0.25) is 0 Å². The van der Waals surface area contributed by atoms with E-state index < -0.39 is 11.0 Å². The van der Waals surface area contributed by atoms with Gasteiger partial charge in [-0.3, -0.25) is 15.4 Å². The van der Waals surface area contributed by atoms with E-state index in [4.69, 9.17) is 0 Å². The number of hydrogen-bond donors (Lipinski definition) is 2. The molecule has 9 heteroatoms. The normalized spacial score (nSPS) is 9.45. The van der Waals surface area contributed by atoms with Crippen molar-refractivity contribution in [2.24, 2.45) is 0 Å². The number of aromatic nitrogens is 1. The van der Waals surface area contributed by atoms with Gasteiger partial charge in [-0.15, -0.1) is 11.3 Å². The molecule has 0 atom stereocenters. The van der Waals surface area contributed by atoms with Crippen LogP contribution >= 0.6 is 11.3 Å². The van der Waals surface area contributed by atoms with Crippen LogP contribution in [-0.4, -0.2) is 21.4 Å². The molecule has 20 heavy (non-hydrogen) atoms. The third-order valence-electron chi connectivity index (χ3n) is 2.18. The number of anilines is 2. The fraction of sp³-hybridized carbons (Fsp3) is 0.0909. The Balaban J connectivity index is 0.00000200. The van der Waals surface area contributed by atoms with Crippen molar-refractivity contribution in [3.05, 3.63) is 45.5 Å². The van der Waals surface area contributed by atoms with Crippen LogP contribution < -0.4 is 10.6 Å². The number of thiazole rings is 1. The zero-order valence-corrected chi connectivity index (χ0v) is 11.2. The summed E-state index contributed by atoms with van der Waals surface area (Å²) in [6.45, 7) is 1.83. The summed E-state index contributed by atoms with van der Waals surface area (Å²) in [7, 11) is 0. The molecule has 0 aliphatic heterocycles. The molecule has 0 saturated carbocycles. The maximum absolute atomic E-state index is 11.6. The molecule has 1 aromatic heterocycles. The maximum Gasteiger partial charge on any atom is 0.325 e. The third-order valence-corrected chi connectivity index (χ3v) is 3.05. The predicted molar refractivity (Wildman–Crippen MR) is 76.2 cm³/mol. The number of carbonyl (C=O) groups is 1. The molecule has 2 amide bonds. The molecule has 0 saturated heterocycles. The summed E-state index contributed by atoms with van der Waals surface area (Å²) in [6, 6.07) is 5.13. The molecule has 8 nitrogen and oxygen atoms in total. The van der Waals surface area contributed by atoms with Gasteiger partial charge < -0.3 is 10.8 Å². The van der Waals surface area contributed by atoms with Crippen molar-refractivity contribution >= 4 is 33.9 Å². The number of nitrogens with zero attached hydrogens (tertiary/aromatic N) is 2. The van der Waals surface area contributed by atoms with E-state index in [0.717, 1.165) is 5.69 Å². The minimum absolute atomic E-state index is 0. The molecule has 4 N–H and O–H groups in total. The van der Waals surface area contributed by atoms with E-state index in [1.807, 2.05) is 12.3 Å². The lowest BCUT2D eigenvalue weighted by Crippen LogP contribution is -2.19. The van der Waals surface area contributed by atoms with Crippen molar-refractivity contribution in [1.82, 2.24) is 4.98 Å². The minimum Gasteiger partial charge on any atom is -0.412 e. The summed E-state index contributed by atoms with van der Waals surface area (Å²) in [5.74, 6) is 0. The Morgan fingerprint density at radius 3 is 2.45 bits per heavy atom. The third kappa shape index (κ3) is 4.00. The number of amides is 2. The molecule has 0 aliphatic carbocycles. The van der Waals surface area contributed by atoms with Crippen LogP contribution in [0.25, 0.3) is 0 Å². The second-order valence-electron chi connectivity index (χ2n) is 3.68. The van der Waals surface area contributed by atoms with Crippen LogP contribution in [0.15, 0.2) is 29.6 Å². The number of rotatable bonds is 3. The lowest BCUT2D eigenvalue weighted by molar-refractivity contribution is -0.384. The molecule has 0 radical (unpaired) electrons. The summed E-state index contributed by atoms with van der Waals surface area (Å²) in [6.07, 6.45) is 0. The first kappa shape index (κ1) is 15.5. The van der Waals surface area contributed by atoms with E-state index in [1.165, 1.54) is 35.6 Å². The average molecular weight is 296 g/mol. The van der Waals surface area contributed by atoms with Gasteiger partial charge in [-0.2, -0.15) is 0 Å². The van der Waals surface area contributed by atoms with Gasteiger partial charge in [-0.25, -0.2) is 9.78 Å². The summed E-state index contributed by atoms with van der Waals surface area (Å²) in [5.41, 5.74) is 1.27. The first-order chi connectivity index (χ1) is 9.04. The highest BCUT2D eigenvalue weighted by Gasteiger charge is 2.07. The molecule has 106 valence electrons. The van der Waals surface area contributed by atoms with Crippen molar-refractivity contribution in [1.29, 1.82) is 0 Å². The van der Waals surface area contributed by atoms with E-state index in [1.54, 1.807) is 0 Å². The first-order valence-corrected chi connectivity index (χ1v) is 6.17. The highest BCUT2D eigenvalue weighted by atomic mass is 32.1. The Bertz CT molecular complexity index is 611. The van der Waals surface area contributed by atoms with Crippen LogP contribution in [-0.2, 0) is 0 Å². The van der Waals surface area contributed by atoms with Crippen LogP contribution in [0.5, 0.6) is 0 Å². The Kier molecular flexibility index (Phi) is 5.12. The van der Waals surface area contributed by atoms with E-state index in [9.17, 15) is 14.9 Å². The number of hydrogen-bond acceptors (Lipinski definition) is 5. The van der Waals surface area contributed by atoms with Crippen LogP contribution in [0, 0.1) is 17.0 Å². The van der Waals surface area contributed by atoms with E-state index >= 15 is 0 Å². The van der Waals surface area contributed by atoms with Gasteiger partial charge in [0.1, 0.15) is 0 Å². The number of nitro groups is 1. The summed E-state index contributed by atoms with van der Waals surface area (Å²) in [4.78, 5) is 25.7. The van der Waals surface area contributed by atoms with Gasteiger partial charge in [0.05, 0.1) is 10.6 Å².